The molecule has 108 valence electrons. The molecule has 1 heteroatoms. The largest absolute Gasteiger partial charge is 0.205 e. The Morgan fingerprint density at radius 2 is 0.957 bits per heavy atom. The molecule has 0 fully saturated rings. The number of aryl methyl sites for hydroxylation is 1. The Morgan fingerprint density at radius 3 is 1.39 bits per heavy atom. The van der Waals surface area contributed by atoms with E-state index in [1.165, 1.54) is 0 Å². The topological polar surface area (TPSA) is 3.88 Å². The fourth-order valence-electron chi connectivity index (χ4n) is 2.19. The van der Waals surface area contributed by atoms with Crippen LogP contribution in [0.3, 0.4) is 0 Å². The van der Waals surface area contributed by atoms with Crippen molar-refractivity contribution in [2.24, 2.45) is 7.05 Å². The summed E-state index contributed by atoms with van der Waals surface area (Å²) in [6.45, 7) is 0. The van der Waals surface area contributed by atoms with Gasteiger partial charge in [0.25, 0.3) is 0 Å². The van der Waals surface area contributed by atoms with Crippen LogP contribution in [0.1, 0.15) is 22.3 Å². The van der Waals surface area contributed by atoms with Crippen LogP contribution in [0.15, 0.2) is 79.1 Å². The first-order chi connectivity index (χ1) is 11.3. The van der Waals surface area contributed by atoms with Crippen LogP contribution in [-0.4, -0.2) is 0 Å². The molecule has 1 heterocycles. The highest BCUT2D eigenvalue weighted by Gasteiger charge is 2.00. The zero-order chi connectivity index (χ0) is 15.9. The third-order valence-electron chi connectivity index (χ3n) is 3.25. The number of nitrogens with zero attached hydrogens (tertiary/aromatic N) is 1. The second-order valence-corrected chi connectivity index (χ2v) is 5.21. The first-order valence-corrected chi connectivity index (χ1v) is 7.44. The van der Waals surface area contributed by atoms with Crippen molar-refractivity contribution in [2.45, 2.75) is 0 Å². The number of aromatic nitrogens is 1. The van der Waals surface area contributed by atoms with E-state index in [-0.39, 0.29) is 0 Å². The smallest absolute Gasteiger partial charge is 0.184 e. The highest BCUT2D eigenvalue weighted by atomic mass is 14.9. The predicted molar refractivity (Wildman–Crippen MR) is 92.5 cm³/mol. The molecule has 0 spiro atoms. The predicted octanol–water partition coefficient (Wildman–Crippen LogP) is 3.31. The minimum atomic E-state index is 0.955. The molecule has 3 rings (SSSR count). The van der Waals surface area contributed by atoms with E-state index in [1.807, 2.05) is 90.7 Å². The van der Waals surface area contributed by atoms with Gasteiger partial charge in [-0.15, -0.1) is 0 Å². The van der Waals surface area contributed by atoms with E-state index in [0.717, 1.165) is 22.3 Å². The molecular weight excluding hydrogens is 278 g/mol. The van der Waals surface area contributed by atoms with E-state index in [1.54, 1.807) is 0 Å². The molecule has 0 saturated heterocycles. The summed E-state index contributed by atoms with van der Waals surface area (Å²) in [7, 11) is 1.99. The molecule has 2 aromatic carbocycles. The van der Waals surface area contributed by atoms with Crippen molar-refractivity contribution in [1.29, 1.82) is 0 Å². The molecule has 0 N–H and O–H groups in total. The fraction of sp³-hybridized carbons (Fsp3) is 0.0455. The number of hydrogen-bond donors (Lipinski definition) is 0. The maximum atomic E-state index is 3.20. The Hall–Kier alpha value is -3.29. The van der Waals surface area contributed by atoms with Gasteiger partial charge in [0.2, 0.25) is 0 Å². The van der Waals surface area contributed by atoms with E-state index in [2.05, 4.69) is 23.7 Å². The molecule has 0 unspecified atom stereocenters. The van der Waals surface area contributed by atoms with Crippen molar-refractivity contribution in [1.82, 2.24) is 0 Å². The summed E-state index contributed by atoms with van der Waals surface area (Å²) < 4.78 is 1.99. The van der Waals surface area contributed by atoms with E-state index in [4.69, 9.17) is 0 Å². The van der Waals surface area contributed by atoms with E-state index < -0.39 is 0 Å². The third kappa shape index (κ3) is 4.34. The monoisotopic (exact) mass is 294 g/mol. The van der Waals surface area contributed by atoms with Crippen LogP contribution in [0.4, 0.5) is 0 Å². The van der Waals surface area contributed by atoms with Gasteiger partial charge in [-0.25, -0.2) is 4.57 Å². The van der Waals surface area contributed by atoms with Crippen LogP contribution in [0, 0.1) is 23.7 Å². The van der Waals surface area contributed by atoms with Crippen molar-refractivity contribution >= 4 is 0 Å². The summed E-state index contributed by atoms with van der Waals surface area (Å²) >= 11 is 0. The van der Waals surface area contributed by atoms with Gasteiger partial charge in [0.15, 0.2) is 12.4 Å². The van der Waals surface area contributed by atoms with Crippen molar-refractivity contribution in [2.75, 3.05) is 0 Å². The van der Waals surface area contributed by atoms with E-state index in [0.29, 0.717) is 0 Å². The number of hydrogen-bond acceptors (Lipinski definition) is 0. The van der Waals surface area contributed by atoms with Crippen molar-refractivity contribution < 1.29 is 4.57 Å². The second kappa shape index (κ2) is 7.12. The van der Waals surface area contributed by atoms with Crippen molar-refractivity contribution in [3.63, 3.8) is 0 Å². The van der Waals surface area contributed by atoms with E-state index >= 15 is 0 Å². The summed E-state index contributed by atoms with van der Waals surface area (Å²) in [5.74, 6) is 12.8. The first-order valence-electron chi connectivity index (χ1n) is 7.44. The maximum absolute atomic E-state index is 3.20. The highest BCUT2D eigenvalue weighted by molar-refractivity contribution is 5.46. The molecule has 0 aliphatic rings. The Kier molecular flexibility index (Phi) is 4.53. The first kappa shape index (κ1) is 14.6. The summed E-state index contributed by atoms with van der Waals surface area (Å²) in [5.41, 5.74) is 3.93. The fourth-order valence-corrected chi connectivity index (χ4v) is 2.19. The summed E-state index contributed by atoms with van der Waals surface area (Å²) in [6, 6.07) is 22.0. The lowest BCUT2D eigenvalue weighted by molar-refractivity contribution is -0.671. The molecule has 0 radical (unpaired) electrons. The summed E-state index contributed by atoms with van der Waals surface area (Å²) in [5, 5.41) is 0. The van der Waals surface area contributed by atoms with Gasteiger partial charge in [0.1, 0.15) is 7.05 Å². The molecule has 0 atom stereocenters. The van der Waals surface area contributed by atoms with Crippen molar-refractivity contribution in [3.05, 3.63) is 101 Å². The lowest BCUT2D eigenvalue weighted by Crippen LogP contribution is -2.27. The van der Waals surface area contributed by atoms with E-state index in [9.17, 15) is 0 Å². The normalized spacial score (nSPS) is 9.26. The van der Waals surface area contributed by atoms with Gasteiger partial charge in [-0.1, -0.05) is 60.1 Å². The van der Waals surface area contributed by atoms with Crippen LogP contribution in [0.2, 0.25) is 0 Å². The Labute approximate surface area is 137 Å². The highest BCUT2D eigenvalue weighted by Crippen LogP contribution is 2.02. The minimum absolute atomic E-state index is 0.955. The lowest BCUT2D eigenvalue weighted by atomic mass is 10.1. The number of rotatable bonds is 0. The van der Waals surface area contributed by atoms with Crippen LogP contribution in [-0.2, 0) is 7.05 Å². The van der Waals surface area contributed by atoms with Gasteiger partial charge >= 0.3 is 0 Å². The van der Waals surface area contributed by atoms with Gasteiger partial charge in [0.05, 0.1) is 11.1 Å². The van der Waals surface area contributed by atoms with Crippen LogP contribution < -0.4 is 4.57 Å². The average molecular weight is 294 g/mol. The Balaban J connectivity index is 1.89. The third-order valence-corrected chi connectivity index (χ3v) is 3.25. The standard InChI is InChI=1S/C22H16N/c1-23-17-21(14-12-19-8-4-2-5-9-19)16-22(18-23)15-13-20-10-6-3-7-11-20/h2-11,16-18H,1H3/q+1. The molecular formula is C22H16N+. The van der Waals surface area contributed by atoms with Crippen LogP contribution in [0.5, 0.6) is 0 Å². The second-order valence-electron chi connectivity index (χ2n) is 5.21. The molecule has 0 aliphatic carbocycles. The molecule has 0 saturated carbocycles. The zero-order valence-corrected chi connectivity index (χ0v) is 13.0. The molecule has 0 amide bonds. The van der Waals surface area contributed by atoms with Crippen molar-refractivity contribution in [3.8, 4) is 23.7 Å². The Bertz CT molecular complexity index is 842. The quantitative estimate of drug-likeness (QED) is 0.442. The van der Waals surface area contributed by atoms with Crippen LogP contribution >= 0.6 is 0 Å². The molecule has 3 aromatic rings. The van der Waals surface area contributed by atoms with Crippen LogP contribution in [0.25, 0.3) is 0 Å². The summed E-state index contributed by atoms with van der Waals surface area (Å²) in [6.07, 6.45) is 4.01. The lowest BCUT2D eigenvalue weighted by Gasteiger charge is -1.93. The SMILES string of the molecule is C[n+]1cc(C#Cc2ccccc2)cc(C#Cc2ccccc2)c1. The van der Waals surface area contributed by atoms with Gasteiger partial charge < -0.3 is 0 Å². The molecule has 23 heavy (non-hydrogen) atoms. The van der Waals surface area contributed by atoms with Gasteiger partial charge in [-0.3, -0.25) is 0 Å². The molecule has 0 aliphatic heterocycles. The van der Waals surface area contributed by atoms with Gasteiger partial charge in [-0.2, -0.15) is 0 Å². The summed E-state index contributed by atoms with van der Waals surface area (Å²) in [4.78, 5) is 0. The minimum Gasteiger partial charge on any atom is -0.205 e. The van der Waals surface area contributed by atoms with Gasteiger partial charge in [-0.05, 0) is 30.3 Å². The number of pyridine rings is 1. The molecule has 1 nitrogen and oxygen atoms in total. The maximum Gasteiger partial charge on any atom is 0.184 e. The molecule has 0 bridgehead atoms. The average Bonchev–Trinajstić information content (AvgIpc) is 2.60. The van der Waals surface area contributed by atoms with Gasteiger partial charge in [0, 0.05) is 11.1 Å². The molecule has 1 aromatic heterocycles. The Morgan fingerprint density at radius 1 is 0.565 bits per heavy atom. The number of benzene rings is 2. The zero-order valence-electron chi connectivity index (χ0n) is 13.0.